The molecule has 0 heterocycles. The van der Waals surface area contributed by atoms with Crippen molar-refractivity contribution < 1.29 is 23.4 Å². The molecule has 1 unspecified atom stereocenters. The number of hydrogen-bond donors (Lipinski definition) is 1. The fourth-order valence-corrected chi connectivity index (χ4v) is 1.71. The SMILES string of the molecule is COc1c(CC(C)C(=O)O)cc(F)c(Br)c1F. The molecule has 0 radical (unpaired) electrons. The van der Waals surface area contributed by atoms with Gasteiger partial charge in [-0.2, -0.15) is 0 Å². The predicted molar refractivity (Wildman–Crippen MR) is 61.1 cm³/mol. The molecule has 1 aromatic rings. The minimum Gasteiger partial charge on any atom is -0.493 e. The Balaban J connectivity index is 3.19. The second-order valence-electron chi connectivity index (χ2n) is 3.62. The molecule has 0 saturated heterocycles. The van der Waals surface area contributed by atoms with E-state index in [0.717, 1.165) is 6.07 Å². The summed E-state index contributed by atoms with van der Waals surface area (Å²) in [6.45, 7) is 1.46. The van der Waals surface area contributed by atoms with Crippen molar-refractivity contribution in [3.05, 3.63) is 27.7 Å². The van der Waals surface area contributed by atoms with Crippen LogP contribution in [0.15, 0.2) is 10.5 Å². The molecule has 94 valence electrons. The predicted octanol–water partition coefficient (Wildman–Crippen LogP) is 3.00. The lowest BCUT2D eigenvalue weighted by Crippen LogP contribution is -2.13. The summed E-state index contributed by atoms with van der Waals surface area (Å²) in [6, 6.07) is 1.07. The highest BCUT2D eigenvalue weighted by atomic mass is 79.9. The topological polar surface area (TPSA) is 46.5 Å². The van der Waals surface area contributed by atoms with Crippen LogP contribution in [0.3, 0.4) is 0 Å². The molecule has 0 aliphatic carbocycles. The van der Waals surface area contributed by atoms with Crippen molar-refractivity contribution in [3.63, 3.8) is 0 Å². The average molecular weight is 309 g/mol. The minimum absolute atomic E-state index is 0.000370. The molecule has 0 spiro atoms. The Kier molecular flexibility index (Phi) is 4.45. The summed E-state index contributed by atoms with van der Waals surface area (Å²) in [7, 11) is 1.25. The largest absolute Gasteiger partial charge is 0.493 e. The molecule has 0 amide bonds. The van der Waals surface area contributed by atoms with Crippen molar-refractivity contribution in [2.24, 2.45) is 5.92 Å². The number of carbonyl (C=O) groups is 1. The Morgan fingerprint density at radius 3 is 2.65 bits per heavy atom. The molecule has 1 atom stereocenters. The smallest absolute Gasteiger partial charge is 0.306 e. The fourth-order valence-electron chi connectivity index (χ4n) is 1.42. The highest BCUT2D eigenvalue weighted by Crippen LogP contribution is 2.32. The van der Waals surface area contributed by atoms with E-state index in [1.165, 1.54) is 14.0 Å². The van der Waals surface area contributed by atoms with Crippen molar-refractivity contribution in [2.45, 2.75) is 13.3 Å². The molecule has 3 nitrogen and oxygen atoms in total. The molecular weight excluding hydrogens is 298 g/mol. The third-order valence-electron chi connectivity index (χ3n) is 2.35. The summed E-state index contributed by atoms with van der Waals surface area (Å²) in [6.07, 6.45) is -0.000370. The third kappa shape index (κ3) is 2.94. The minimum atomic E-state index is -1.03. The van der Waals surface area contributed by atoms with Crippen LogP contribution < -0.4 is 4.74 Å². The Morgan fingerprint density at radius 2 is 2.18 bits per heavy atom. The number of ether oxygens (including phenoxy) is 1. The van der Waals surface area contributed by atoms with E-state index in [-0.39, 0.29) is 22.2 Å². The van der Waals surface area contributed by atoms with Crippen LogP contribution in [-0.2, 0) is 11.2 Å². The fraction of sp³-hybridized carbons (Fsp3) is 0.364. The Morgan fingerprint density at radius 1 is 1.59 bits per heavy atom. The maximum Gasteiger partial charge on any atom is 0.306 e. The number of methoxy groups -OCH3 is 1. The van der Waals surface area contributed by atoms with Gasteiger partial charge < -0.3 is 9.84 Å². The van der Waals surface area contributed by atoms with Crippen LogP contribution in [-0.4, -0.2) is 18.2 Å². The maximum absolute atomic E-state index is 13.6. The van der Waals surface area contributed by atoms with E-state index in [0.29, 0.717) is 0 Å². The monoisotopic (exact) mass is 308 g/mol. The van der Waals surface area contributed by atoms with Crippen molar-refractivity contribution >= 4 is 21.9 Å². The standard InChI is InChI=1S/C11H11BrF2O3/c1-5(11(15)16)3-6-4-7(13)8(12)9(14)10(6)17-2/h4-5H,3H2,1-2H3,(H,15,16). The maximum atomic E-state index is 13.6. The summed E-state index contributed by atoms with van der Waals surface area (Å²) in [4.78, 5) is 10.7. The van der Waals surface area contributed by atoms with Crippen molar-refractivity contribution in [3.8, 4) is 5.75 Å². The first-order valence-electron chi connectivity index (χ1n) is 4.81. The van der Waals surface area contributed by atoms with Gasteiger partial charge in [0.25, 0.3) is 0 Å². The van der Waals surface area contributed by atoms with Crippen LogP contribution in [0.1, 0.15) is 12.5 Å². The van der Waals surface area contributed by atoms with E-state index in [1.807, 2.05) is 0 Å². The van der Waals surface area contributed by atoms with Crippen LogP contribution in [0.25, 0.3) is 0 Å². The molecule has 1 aromatic carbocycles. The van der Waals surface area contributed by atoms with Crippen molar-refractivity contribution in [1.29, 1.82) is 0 Å². The highest BCUT2D eigenvalue weighted by molar-refractivity contribution is 9.10. The van der Waals surface area contributed by atoms with Crippen molar-refractivity contribution in [1.82, 2.24) is 0 Å². The van der Waals surface area contributed by atoms with E-state index in [1.54, 1.807) is 0 Å². The molecule has 0 bridgehead atoms. The van der Waals surface area contributed by atoms with Gasteiger partial charge >= 0.3 is 5.97 Å². The molecule has 1 N–H and O–H groups in total. The first-order chi connectivity index (χ1) is 7.88. The van der Waals surface area contributed by atoms with Gasteiger partial charge in [-0.15, -0.1) is 0 Å². The number of carboxylic acid groups (broad SMARTS) is 1. The molecule has 6 heteroatoms. The van der Waals surface area contributed by atoms with Gasteiger partial charge in [0.05, 0.1) is 17.5 Å². The van der Waals surface area contributed by atoms with E-state index in [9.17, 15) is 13.6 Å². The van der Waals surface area contributed by atoms with Gasteiger partial charge in [0, 0.05) is 5.56 Å². The zero-order chi connectivity index (χ0) is 13.2. The van der Waals surface area contributed by atoms with E-state index in [2.05, 4.69) is 15.9 Å². The number of halogens is 3. The molecule has 1 rings (SSSR count). The van der Waals surface area contributed by atoms with E-state index >= 15 is 0 Å². The number of carboxylic acids is 1. The summed E-state index contributed by atoms with van der Waals surface area (Å²) < 4.78 is 31.4. The normalized spacial score (nSPS) is 12.3. The Bertz CT molecular complexity index is 449. The third-order valence-corrected chi connectivity index (χ3v) is 3.07. The van der Waals surface area contributed by atoms with Crippen LogP contribution in [0.4, 0.5) is 8.78 Å². The van der Waals surface area contributed by atoms with Crippen molar-refractivity contribution in [2.75, 3.05) is 7.11 Å². The summed E-state index contributed by atoms with van der Waals surface area (Å²) in [5.41, 5.74) is 0.195. The number of rotatable bonds is 4. The van der Waals surface area contributed by atoms with Crippen LogP contribution in [0.5, 0.6) is 5.75 Å². The molecule has 0 fully saturated rings. The second kappa shape index (κ2) is 5.44. The molecule has 0 aliphatic heterocycles. The molecule has 0 aromatic heterocycles. The Labute approximate surface area is 106 Å². The zero-order valence-electron chi connectivity index (χ0n) is 9.26. The highest BCUT2D eigenvalue weighted by Gasteiger charge is 2.21. The molecule has 0 saturated carbocycles. The Hall–Kier alpha value is -1.17. The van der Waals surface area contributed by atoms with Gasteiger partial charge in [0.2, 0.25) is 0 Å². The first kappa shape index (κ1) is 13.9. The summed E-state index contributed by atoms with van der Waals surface area (Å²) in [5.74, 6) is -3.55. The molecular formula is C11H11BrF2O3. The number of benzene rings is 1. The lowest BCUT2D eigenvalue weighted by Gasteiger charge is -2.13. The lowest BCUT2D eigenvalue weighted by molar-refractivity contribution is -0.141. The molecule has 0 aliphatic rings. The number of aliphatic carboxylic acids is 1. The van der Waals surface area contributed by atoms with E-state index in [4.69, 9.17) is 9.84 Å². The van der Waals surface area contributed by atoms with Crippen LogP contribution >= 0.6 is 15.9 Å². The van der Waals surface area contributed by atoms with Gasteiger partial charge in [-0.3, -0.25) is 4.79 Å². The van der Waals surface area contributed by atoms with Crippen LogP contribution in [0, 0.1) is 17.6 Å². The second-order valence-corrected chi connectivity index (χ2v) is 4.42. The average Bonchev–Trinajstić information content (AvgIpc) is 2.26. The number of hydrogen-bond acceptors (Lipinski definition) is 2. The quantitative estimate of drug-likeness (QED) is 0.870. The van der Waals surface area contributed by atoms with Gasteiger partial charge in [-0.1, -0.05) is 6.92 Å². The molecule has 17 heavy (non-hydrogen) atoms. The van der Waals surface area contributed by atoms with Gasteiger partial charge in [-0.05, 0) is 28.4 Å². The van der Waals surface area contributed by atoms with E-state index < -0.39 is 23.5 Å². The van der Waals surface area contributed by atoms with Gasteiger partial charge in [0.15, 0.2) is 11.6 Å². The lowest BCUT2D eigenvalue weighted by atomic mass is 10.00. The first-order valence-corrected chi connectivity index (χ1v) is 5.61. The van der Waals surface area contributed by atoms with Gasteiger partial charge in [0.1, 0.15) is 5.82 Å². The summed E-state index contributed by atoms with van der Waals surface area (Å²) >= 11 is 2.75. The van der Waals surface area contributed by atoms with Crippen LogP contribution in [0.2, 0.25) is 0 Å². The summed E-state index contributed by atoms with van der Waals surface area (Å²) in [5, 5.41) is 8.76. The zero-order valence-corrected chi connectivity index (χ0v) is 10.8. The van der Waals surface area contributed by atoms with Gasteiger partial charge in [-0.25, -0.2) is 8.78 Å².